The van der Waals surface area contributed by atoms with Gasteiger partial charge in [-0.2, -0.15) is 0 Å². The monoisotopic (exact) mass is 1180 g/mol. The number of halogens is 2. The van der Waals surface area contributed by atoms with Crippen molar-refractivity contribution in [3.8, 4) is 28.7 Å². The van der Waals surface area contributed by atoms with Crippen LogP contribution in [0, 0.1) is 62.2 Å². The van der Waals surface area contributed by atoms with E-state index in [9.17, 15) is 49.8 Å². The summed E-state index contributed by atoms with van der Waals surface area (Å²) in [5, 5.41) is 66.1. The molecule has 8 rings (SSSR count). The van der Waals surface area contributed by atoms with Gasteiger partial charge in [0, 0.05) is 53.1 Å². The van der Waals surface area contributed by atoms with Crippen LogP contribution in [0.3, 0.4) is 0 Å². The molecular weight excluding hydrogens is 1100 g/mol. The minimum atomic E-state index is -1.37. The van der Waals surface area contributed by atoms with Gasteiger partial charge in [0.05, 0.1) is 60.0 Å². The van der Waals surface area contributed by atoms with Gasteiger partial charge in [0.15, 0.2) is 28.8 Å². The number of aliphatic hydroxyl groups excluding tert-OH is 2. The van der Waals surface area contributed by atoms with E-state index >= 15 is 0 Å². The van der Waals surface area contributed by atoms with Crippen molar-refractivity contribution in [3.63, 3.8) is 0 Å². The molecule has 2 aromatic carbocycles. The fourth-order valence-electron chi connectivity index (χ4n) is 13.4. The molecule has 5 N–H and O–H groups in total. The zero-order valence-electron chi connectivity index (χ0n) is 49.6. The molecular formula is C60H83Cl2NaO18. The van der Waals surface area contributed by atoms with Gasteiger partial charge in [-0.3, -0.25) is 4.79 Å². The Bertz CT molecular complexity index is 2720. The van der Waals surface area contributed by atoms with Crippen LogP contribution in [0.15, 0.2) is 12.2 Å². The third kappa shape index (κ3) is 12.4. The number of ether oxygens (including phenoxy) is 8. The molecule has 6 aliphatic rings. The molecule has 446 valence electrons. The van der Waals surface area contributed by atoms with Gasteiger partial charge in [0.25, 0.3) is 0 Å². The number of hydrogen-bond acceptors (Lipinski definition) is 18. The summed E-state index contributed by atoms with van der Waals surface area (Å²) >= 11 is 12.2. The summed E-state index contributed by atoms with van der Waals surface area (Å²) < 4.78 is 49.3. The summed E-state index contributed by atoms with van der Waals surface area (Å²) in [6.45, 7) is 23.9. The van der Waals surface area contributed by atoms with Crippen LogP contribution >= 0.6 is 23.2 Å². The molecule has 18 unspecified atom stereocenters. The number of hydrogen-bond donors (Lipinski definition) is 5. The number of aromatic hydroxyl groups is 2. The van der Waals surface area contributed by atoms with Crippen molar-refractivity contribution in [2.45, 2.75) is 220 Å². The standard InChI is InChI=1S/C42H70O11.C18H14Cl2O7.Na/c1-11-29(38(46)47)31-15-14-23(4)36(50-31)27(8)34(44)26(7)35(45)30(12-2)37-24(5)22-25(6)41(51-37)19-16-32(43)42(53-41)21-20-39(10,52-42)33-17-18-40(48,13-3)28(9)49-33;1-5-9-16(11(20)13(22)10(5)19)26-14-6(2)8(17(23)25-4)12(21)7(3)15(14)27-18(9)24;/h16,19,23-34,36-37,43-44,48H,11-15,17-18,20-22H2,1-10H3,(H,46,47);21-22H,1-4H3;/q;;+1/p-1. The van der Waals surface area contributed by atoms with Crippen molar-refractivity contribution in [2.24, 2.45) is 41.4 Å². The molecule has 0 aromatic heterocycles. The van der Waals surface area contributed by atoms with E-state index in [-0.39, 0.29) is 120 Å². The summed E-state index contributed by atoms with van der Waals surface area (Å²) in [6, 6.07) is 0. The third-order valence-electron chi connectivity index (χ3n) is 18.8. The largest absolute Gasteiger partial charge is 1.00 e. The van der Waals surface area contributed by atoms with E-state index in [1.54, 1.807) is 19.1 Å². The average molecular weight is 1190 g/mol. The Hall–Kier alpha value is -3.08. The fourth-order valence-corrected chi connectivity index (χ4v) is 13.8. The second kappa shape index (κ2) is 25.9. The van der Waals surface area contributed by atoms with E-state index in [4.69, 9.17) is 61.1 Å². The molecule has 0 saturated carbocycles. The van der Waals surface area contributed by atoms with Crippen molar-refractivity contribution >= 4 is 46.9 Å². The smallest absolute Gasteiger partial charge is 0.550 e. The van der Waals surface area contributed by atoms with Gasteiger partial charge >= 0.3 is 41.5 Å². The quantitative estimate of drug-likeness (QED) is 0.0638. The van der Waals surface area contributed by atoms with Gasteiger partial charge in [-0.15, -0.1) is 0 Å². The maximum Gasteiger partial charge on any atom is 1.00 e. The fraction of sp³-hybridized carbons (Fsp3) is 0.700. The first-order valence-corrected chi connectivity index (χ1v) is 29.1. The number of rotatable bonds is 13. The van der Waals surface area contributed by atoms with Gasteiger partial charge in [-0.1, -0.05) is 78.6 Å². The molecule has 18 nitrogen and oxygen atoms in total. The van der Waals surface area contributed by atoms with Gasteiger partial charge in [-0.25, -0.2) is 9.59 Å². The maximum absolute atomic E-state index is 14.4. The molecule has 0 amide bonds. The molecule has 0 bridgehead atoms. The molecule has 4 fully saturated rings. The SMILES string of the molecule is CCC(C(=O)[O-])C1CCC(C)C(C(C)C(O)C(C)C(=O)C(CC)C2OC3(C=CC(O)C4(CCC(C)(C5CCC(O)(CC)C(C)O5)O4)O3)C(C)CC2C)O1.COC(=O)c1c(C)c2c(c(C)c1O)OC(=O)c1c(C)c(Cl)c(O)c(Cl)c1O2.[Na+]. The summed E-state index contributed by atoms with van der Waals surface area (Å²) in [4.78, 5) is 51.0. The van der Waals surface area contributed by atoms with E-state index in [1.165, 1.54) is 27.9 Å². The second-order valence-corrected chi connectivity index (χ2v) is 24.6. The molecule has 2 aromatic rings. The molecule has 0 aliphatic carbocycles. The van der Waals surface area contributed by atoms with Crippen LogP contribution in [0.25, 0.3) is 0 Å². The molecule has 6 heterocycles. The normalized spacial score (nSPS) is 34.4. The van der Waals surface area contributed by atoms with Crippen molar-refractivity contribution < 1.29 is 117 Å². The Balaban J connectivity index is 0.000000316. The van der Waals surface area contributed by atoms with Crippen LogP contribution in [0.2, 0.25) is 10.0 Å². The van der Waals surface area contributed by atoms with Crippen LogP contribution in [0.5, 0.6) is 28.7 Å². The topological polar surface area (TPSA) is 266 Å². The Labute approximate surface area is 508 Å². The minimum Gasteiger partial charge on any atom is -0.550 e. The summed E-state index contributed by atoms with van der Waals surface area (Å²) in [5.74, 6) is -8.97. The summed E-state index contributed by atoms with van der Waals surface area (Å²) in [6.07, 6.45) is 5.22. The van der Waals surface area contributed by atoms with E-state index in [2.05, 4.69) is 20.8 Å². The van der Waals surface area contributed by atoms with Crippen LogP contribution in [-0.4, -0.2) is 122 Å². The average Bonchev–Trinajstić information content (AvgIpc) is 3.80. The first-order valence-electron chi connectivity index (χ1n) is 28.4. The van der Waals surface area contributed by atoms with Gasteiger partial charge in [0.2, 0.25) is 5.79 Å². The first kappa shape index (κ1) is 67.1. The van der Waals surface area contributed by atoms with Gasteiger partial charge < -0.3 is 73.3 Å². The van der Waals surface area contributed by atoms with Gasteiger partial charge in [0.1, 0.15) is 33.8 Å². The minimum absolute atomic E-state index is 0. The number of carboxylic acid groups (broad SMARTS) is 1. The number of fused-ring (bicyclic) bond motifs is 2. The number of aliphatic hydroxyl groups is 3. The van der Waals surface area contributed by atoms with Crippen LogP contribution in [-0.2, 0) is 38.0 Å². The number of carbonyl (C=O) groups is 4. The third-order valence-corrected chi connectivity index (χ3v) is 19.6. The van der Waals surface area contributed by atoms with Crippen LogP contribution in [0.4, 0.5) is 0 Å². The number of carbonyl (C=O) groups excluding carboxylic acids is 4. The zero-order chi connectivity index (χ0) is 59.5. The predicted octanol–water partition coefficient (Wildman–Crippen LogP) is 6.30. The Morgan fingerprint density at radius 2 is 1.47 bits per heavy atom. The molecule has 21 heteroatoms. The summed E-state index contributed by atoms with van der Waals surface area (Å²) in [5.41, 5.74) is -1.37. The van der Waals surface area contributed by atoms with Gasteiger partial charge in [-0.05, 0) is 122 Å². The number of carboxylic acids is 1. The number of phenolic OH excluding ortho intramolecular Hbond substituents is 2. The maximum atomic E-state index is 14.4. The number of esters is 2. The number of aliphatic carboxylic acids is 1. The number of methoxy groups -OCH3 is 1. The second-order valence-electron chi connectivity index (χ2n) is 23.8. The summed E-state index contributed by atoms with van der Waals surface area (Å²) in [7, 11) is 1.17. The van der Waals surface area contributed by atoms with E-state index in [1.807, 2.05) is 41.5 Å². The van der Waals surface area contributed by atoms with Crippen molar-refractivity contribution in [2.75, 3.05) is 7.11 Å². The molecule has 4 saturated heterocycles. The Morgan fingerprint density at radius 1 is 0.827 bits per heavy atom. The van der Waals surface area contributed by atoms with Crippen LogP contribution < -0.4 is 44.1 Å². The Morgan fingerprint density at radius 3 is 2.06 bits per heavy atom. The predicted molar refractivity (Wildman–Crippen MR) is 293 cm³/mol. The van der Waals surface area contributed by atoms with E-state index in [0.717, 1.165) is 6.42 Å². The van der Waals surface area contributed by atoms with Crippen molar-refractivity contribution in [1.29, 1.82) is 0 Å². The van der Waals surface area contributed by atoms with Crippen molar-refractivity contribution in [3.05, 3.63) is 50.0 Å². The number of ketones is 1. The number of benzene rings is 2. The molecule has 6 aliphatic heterocycles. The molecule has 18 atom stereocenters. The number of phenols is 2. The molecule has 0 radical (unpaired) electrons. The molecule has 81 heavy (non-hydrogen) atoms. The zero-order valence-corrected chi connectivity index (χ0v) is 53.1. The molecule has 2 spiro atoms. The first-order chi connectivity index (χ1) is 37.4. The number of Topliss-reactive ketones (excluding diaryl/α,β-unsaturated/α-hetero) is 1. The van der Waals surface area contributed by atoms with Crippen LogP contribution in [0.1, 0.15) is 171 Å². The van der Waals surface area contributed by atoms with Crippen molar-refractivity contribution in [1.82, 2.24) is 0 Å². The van der Waals surface area contributed by atoms with E-state index in [0.29, 0.717) is 57.8 Å². The van der Waals surface area contributed by atoms with E-state index < -0.39 is 106 Å². The Kier molecular flexibility index (Phi) is 21.4.